The first-order valence-corrected chi connectivity index (χ1v) is 8.74. The molecule has 1 atom stereocenters. The van der Waals surface area contributed by atoms with Crippen LogP contribution in [0.5, 0.6) is 0 Å². The van der Waals surface area contributed by atoms with Crippen LogP contribution < -0.4 is 5.32 Å². The van der Waals surface area contributed by atoms with Crippen LogP contribution >= 0.6 is 43.6 Å². The monoisotopic (exact) mass is 397 g/mol. The van der Waals surface area contributed by atoms with Crippen molar-refractivity contribution in [3.05, 3.63) is 57.0 Å². The second-order valence-electron chi connectivity index (χ2n) is 4.50. The highest BCUT2D eigenvalue weighted by Gasteiger charge is 2.20. The van der Waals surface area contributed by atoms with Gasteiger partial charge in [0.05, 0.1) is 6.04 Å². The minimum atomic E-state index is 0.398. The highest BCUT2D eigenvalue weighted by molar-refractivity contribution is 9.11. The van der Waals surface area contributed by atoms with Crippen molar-refractivity contribution in [3.8, 4) is 0 Å². The number of thioether (sulfide) groups is 1. The molecule has 0 saturated carbocycles. The summed E-state index contributed by atoms with van der Waals surface area (Å²) in [5, 5.41) is 3.65. The van der Waals surface area contributed by atoms with Crippen molar-refractivity contribution in [1.82, 2.24) is 0 Å². The molecular formula is C15H13Br2NS. The summed E-state index contributed by atoms with van der Waals surface area (Å²) in [6.45, 7) is 0. The van der Waals surface area contributed by atoms with E-state index < -0.39 is 0 Å². The molecule has 0 aromatic heterocycles. The molecule has 0 saturated heterocycles. The minimum absolute atomic E-state index is 0.398. The number of rotatable bonds is 2. The third-order valence-electron chi connectivity index (χ3n) is 3.22. The Bertz CT molecular complexity index is 600. The Morgan fingerprint density at radius 3 is 2.79 bits per heavy atom. The molecule has 1 nitrogen and oxygen atoms in total. The fraction of sp³-hybridized carbons (Fsp3) is 0.200. The van der Waals surface area contributed by atoms with Gasteiger partial charge in [0.15, 0.2) is 0 Å². The van der Waals surface area contributed by atoms with Crippen LogP contribution in [0, 0.1) is 0 Å². The lowest BCUT2D eigenvalue weighted by atomic mass is 10.0. The quantitative estimate of drug-likeness (QED) is 0.679. The van der Waals surface area contributed by atoms with Crippen molar-refractivity contribution in [3.63, 3.8) is 0 Å². The first-order valence-electron chi connectivity index (χ1n) is 6.17. The molecule has 0 amide bonds. The van der Waals surface area contributed by atoms with E-state index in [1.54, 1.807) is 0 Å². The molecule has 1 aliphatic heterocycles. The molecule has 1 aliphatic rings. The van der Waals surface area contributed by atoms with Crippen molar-refractivity contribution >= 4 is 49.3 Å². The van der Waals surface area contributed by atoms with Crippen LogP contribution in [0.2, 0.25) is 0 Å². The molecule has 2 aromatic rings. The van der Waals surface area contributed by atoms with Crippen LogP contribution in [-0.2, 0) is 0 Å². The van der Waals surface area contributed by atoms with E-state index in [0.29, 0.717) is 6.04 Å². The lowest BCUT2D eigenvalue weighted by molar-refractivity contribution is 0.728. The van der Waals surface area contributed by atoms with Crippen LogP contribution in [0.4, 0.5) is 5.69 Å². The molecule has 0 spiro atoms. The number of benzene rings is 2. The summed E-state index contributed by atoms with van der Waals surface area (Å²) >= 11 is 9.05. The van der Waals surface area contributed by atoms with Crippen molar-refractivity contribution in [1.29, 1.82) is 0 Å². The third kappa shape index (κ3) is 3.01. The molecule has 0 bridgehead atoms. The number of fused-ring (bicyclic) bond motifs is 1. The smallest absolute Gasteiger partial charge is 0.0533 e. The number of hydrogen-bond acceptors (Lipinski definition) is 2. The Balaban J connectivity index is 1.88. The van der Waals surface area contributed by atoms with E-state index in [0.717, 1.165) is 21.1 Å². The summed E-state index contributed by atoms with van der Waals surface area (Å²) in [6, 6.07) is 15.3. The molecule has 4 heteroatoms. The maximum Gasteiger partial charge on any atom is 0.0533 e. The third-order valence-corrected chi connectivity index (χ3v) is 5.49. The number of anilines is 1. The van der Waals surface area contributed by atoms with Crippen molar-refractivity contribution < 1.29 is 0 Å². The van der Waals surface area contributed by atoms with Gasteiger partial charge in [-0.3, -0.25) is 0 Å². The lowest BCUT2D eigenvalue weighted by Gasteiger charge is -2.27. The Morgan fingerprint density at radius 2 is 1.95 bits per heavy atom. The summed E-state index contributed by atoms with van der Waals surface area (Å²) < 4.78 is 2.18. The second kappa shape index (κ2) is 5.90. The van der Waals surface area contributed by atoms with Crippen molar-refractivity contribution in [2.75, 3.05) is 11.1 Å². The Morgan fingerprint density at radius 1 is 1.11 bits per heavy atom. The van der Waals surface area contributed by atoms with Crippen LogP contribution in [0.15, 0.2) is 56.3 Å². The molecule has 2 aromatic carbocycles. The lowest BCUT2D eigenvalue weighted by Crippen LogP contribution is -2.16. The van der Waals surface area contributed by atoms with Gasteiger partial charge < -0.3 is 5.32 Å². The Labute approximate surface area is 134 Å². The van der Waals surface area contributed by atoms with Crippen LogP contribution in [0.1, 0.15) is 18.0 Å². The Kier molecular flexibility index (Phi) is 4.20. The molecule has 0 aliphatic carbocycles. The van der Waals surface area contributed by atoms with E-state index in [-0.39, 0.29) is 0 Å². The summed E-state index contributed by atoms with van der Waals surface area (Å²) in [5.41, 5.74) is 2.56. The highest BCUT2D eigenvalue weighted by Crippen LogP contribution is 2.39. The molecule has 19 heavy (non-hydrogen) atoms. The average molecular weight is 399 g/mol. The zero-order chi connectivity index (χ0) is 13.2. The molecule has 98 valence electrons. The molecule has 1 heterocycles. The molecule has 0 radical (unpaired) electrons. The maximum absolute atomic E-state index is 3.65. The van der Waals surface area contributed by atoms with Crippen LogP contribution in [0.25, 0.3) is 0 Å². The zero-order valence-corrected chi connectivity index (χ0v) is 14.2. The summed E-state index contributed by atoms with van der Waals surface area (Å²) in [6.07, 6.45) is 1.16. The van der Waals surface area contributed by atoms with Crippen molar-refractivity contribution in [2.24, 2.45) is 0 Å². The second-order valence-corrected chi connectivity index (χ2v) is 7.40. The van der Waals surface area contributed by atoms with E-state index in [1.165, 1.54) is 16.2 Å². The highest BCUT2D eigenvalue weighted by atomic mass is 79.9. The van der Waals surface area contributed by atoms with E-state index in [1.807, 2.05) is 11.8 Å². The van der Waals surface area contributed by atoms with Crippen LogP contribution in [-0.4, -0.2) is 5.75 Å². The van der Waals surface area contributed by atoms with Gasteiger partial charge >= 0.3 is 0 Å². The van der Waals surface area contributed by atoms with Gasteiger partial charge in [0.25, 0.3) is 0 Å². The summed E-state index contributed by atoms with van der Waals surface area (Å²) in [7, 11) is 0. The van der Waals surface area contributed by atoms with Gasteiger partial charge in [-0.25, -0.2) is 0 Å². The standard InChI is InChI=1S/C15H13Br2NS/c16-10-5-6-14(12(17)9-10)18-13-7-8-19-15-4-2-1-3-11(13)15/h1-6,9,13,18H,7-8H2. The number of hydrogen-bond donors (Lipinski definition) is 1. The normalized spacial score (nSPS) is 17.9. The van der Waals surface area contributed by atoms with Gasteiger partial charge in [-0.05, 0) is 52.2 Å². The van der Waals surface area contributed by atoms with Crippen LogP contribution in [0.3, 0.4) is 0 Å². The van der Waals surface area contributed by atoms with E-state index in [9.17, 15) is 0 Å². The number of nitrogens with one attached hydrogen (secondary N) is 1. The summed E-state index contributed by atoms with van der Waals surface area (Å²) in [5.74, 6) is 1.17. The molecular weight excluding hydrogens is 386 g/mol. The van der Waals surface area contributed by atoms with Gasteiger partial charge in [0.2, 0.25) is 0 Å². The van der Waals surface area contributed by atoms with Gasteiger partial charge in [0.1, 0.15) is 0 Å². The Hall–Kier alpha value is -0.450. The number of halogens is 2. The fourth-order valence-electron chi connectivity index (χ4n) is 2.29. The molecule has 3 rings (SSSR count). The fourth-order valence-corrected chi connectivity index (χ4v) is 4.57. The summed E-state index contributed by atoms with van der Waals surface area (Å²) in [4.78, 5) is 1.40. The minimum Gasteiger partial charge on any atom is -0.377 e. The van der Waals surface area contributed by atoms with Gasteiger partial charge in [-0.1, -0.05) is 34.1 Å². The van der Waals surface area contributed by atoms with Gasteiger partial charge in [-0.2, -0.15) is 0 Å². The topological polar surface area (TPSA) is 12.0 Å². The first-order chi connectivity index (χ1) is 9.24. The molecule has 1 unspecified atom stereocenters. The zero-order valence-electron chi connectivity index (χ0n) is 10.2. The first kappa shape index (κ1) is 13.5. The van der Waals surface area contributed by atoms with E-state index in [4.69, 9.17) is 0 Å². The van der Waals surface area contributed by atoms with E-state index >= 15 is 0 Å². The van der Waals surface area contributed by atoms with E-state index in [2.05, 4.69) is 79.6 Å². The van der Waals surface area contributed by atoms with Gasteiger partial charge in [-0.15, -0.1) is 11.8 Å². The van der Waals surface area contributed by atoms with Gasteiger partial charge in [0, 0.05) is 25.3 Å². The average Bonchev–Trinajstić information content (AvgIpc) is 2.42. The van der Waals surface area contributed by atoms with Crippen molar-refractivity contribution in [2.45, 2.75) is 17.4 Å². The predicted octanol–water partition coefficient (Wildman–Crippen LogP) is 5.86. The molecule has 1 N–H and O–H groups in total. The molecule has 0 fully saturated rings. The predicted molar refractivity (Wildman–Crippen MR) is 90.0 cm³/mol. The largest absolute Gasteiger partial charge is 0.377 e. The SMILES string of the molecule is Brc1ccc(NC2CCSc3ccccc32)c(Br)c1. The maximum atomic E-state index is 3.65.